The summed E-state index contributed by atoms with van der Waals surface area (Å²) in [6, 6.07) is 12.3. The highest BCUT2D eigenvalue weighted by Gasteiger charge is 2.16. The van der Waals surface area contributed by atoms with E-state index in [1.807, 2.05) is 6.07 Å². The van der Waals surface area contributed by atoms with Gasteiger partial charge in [0.2, 0.25) is 0 Å². The standard InChI is InChI=1S/C15H12N2O2/c1-9-2-7-12(13(14(9)17)15(18)19)11-5-3-10(8-16)4-6-11/h2-7H,17H2,1H3,(H,18,19). The monoisotopic (exact) mass is 252 g/mol. The molecule has 0 aliphatic carbocycles. The minimum atomic E-state index is -1.06. The van der Waals surface area contributed by atoms with Gasteiger partial charge in [-0.2, -0.15) is 5.26 Å². The van der Waals surface area contributed by atoms with Gasteiger partial charge in [-0.1, -0.05) is 24.3 Å². The minimum absolute atomic E-state index is 0.102. The Labute approximate surface area is 110 Å². The Balaban J connectivity index is 2.65. The topological polar surface area (TPSA) is 87.1 Å². The van der Waals surface area contributed by atoms with Gasteiger partial charge in [0.05, 0.1) is 17.2 Å². The van der Waals surface area contributed by atoms with E-state index in [9.17, 15) is 9.90 Å². The molecule has 0 saturated heterocycles. The third-order valence-electron chi connectivity index (χ3n) is 3.00. The van der Waals surface area contributed by atoms with E-state index >= 15 is 0 Å². The zero-order valence-corrected chi connectivity index (χ0v) is 10.3. The van der Waals surface area contributed by atoms with Crippen molar-refractivity contribution in [2.45, 2.75) is 6.92 Å². The number of aryl methyl sites for hydroxylation is 1. The third-order valence-corrected chi connectivity index (χ3v) is 3.00. The van der Waals surface area contributed by atoms with Crippen LogP contribution in [0.15, 0.2) is 36.4 Å². The van der Waals surface area contributed by atoms with Crippen LogP contribution in [0.4, 0.5) is 5.69 Å². The molecule has 0 amide bonds. The number of hydrogen-bond acceptors (Lipinski definition) is 3. The quantitative estimate of drug-likeness (QED) is 0.804. The molecule has 0 bridgehead atoms. The van der Waals surface area contributed by atoms with Crippen LogP contribution in [0.25, 0.3) is 11.1 Å². The summed E-state index contributed by atoms with van der Waals surface area (Å²) in [5.74, 6) is -1.06. The zero-order valence-electron chi connectivity index (χ0n) is 10.3. The van der Waals surface area contributed by atoms with Crippen LogP contribution < -0.4 is 5.73 Å². The fourth-order valence-corrected chi connectivity index (χ4v) is 1.92. The first-order valence-electron chi connectivity index (χ1n) is 5.67. The van der Waals surface area contributed by atoms with Crippen LogP contribution in [0, 0.1) is 18.3 Å². The number of nitrogen functional groups attached to an aromatic ring is 1. The van der Waals surface area contributed by atoms with Crippen molar-refractivity contribution in [1.82, 2.24) is 0 Å². The molecule has 0 atom stereocenters. The molecule has 0 saturated carbocycles. The van der Waals surface area contributed by atoms with E-state index in [-0.39, 0.29) is 11.3 Å². The first kappa shape index (κ1) is 12.7. The number of nitrogens with two attached hydrogens (primary N) is 1. The van der Waals surface area contributed by atoms with E-state index in [0.29, 0.717) is 11.1 Å². The highest BCUT2D eigenvalue weighted by atomic mass is 16.4. The van der Waals surface area contributed by atoms with Crippen molar-refractivity contribution < 1.29 is 9.90 Å². The van der Waals surface area contributed by atoms with Crippen molar-refractivity contribution in [3.63, 3.8) is 0 Å². The van der Waals surface area contributed by atoms with E-state index in [0.717, 1.165) is 11.1 Å². The summed E-state index contributed by atoms with van der Waals surface area (Å²) in [7, 11) is 0. The maximum absolute atomic E-state index is 11.4. The van der Waals surface area contributed by atoms with Crippen molar-refractivity contribution in [1.29, 1.82) is 5.26 Å². The van der Waals surface area contributed by atoms with Crippen molar-refractivity contribution in [3.8, 4) is 17.2 Å². The molecule has 0 radical (unpaired) electrons. The Hall–Kier alpha value is -2.80. The molecule has 0 fully saturated rings. The summed E-state index contributed by atoms with van der Waals surface area (Å²) >= 11 is 0. The Morgan fingerprint density at radius 1 is 1.21 bits per heavy atom. The maximum atomic E-state index is 11.4. The van der Waals surface area contributed by atoms with Gasteiger partial charge in [0.25, 0.3) is 0 Å². The molecule has 4 heteroatoms. The molecule has 3 N–H and O–H groups in total. The van der Waals surface area contributed by atoms with Crippen LogP contribution in [-0.2, 0) is 0 Å². The van der Waals surface area contributed by atoms with Gasteiger partial charge in [0.15, 0.2) is 0 Å². The highest BCUT2D eigenvalue weighted by Crippen LogP contribution is 2.30. The van der Waals surface area contributed by atoms with Crippen molar-refractivity contribution in [3.05, 3.63) is 53.1 Å². The van der Waals surface area contributed by atoms with E-state index in [1.165, 1.54) is 0 Å². The first-order valence-corrected chi connectivity index (χ1v) is 5.67. The third kappa shape index (κ3) is 2.26. The van der Waals surface area contributed by atoms with E-state index in [1.54, 1.807) is 43.3 Å². The molecule has 0 aliphatic rings. The molecule has 4 nitrogen and oxygen atoms in total. The summed E-state index contributed by atoms with van der Waals surface area (Å²) in [6.45, 7) is 1.77. The van der Waals surface area contributed by atoms with Gasteiger partial charge in [-0.15, -0.1) is 0 Å². The largest absolute Gasteiger partial charge is 0.478 e. The second kappa shape index (κ2) is 4.83. The van der Waals surface area contributed by atoms with E-state index in [2.05, 4.69) is 0 Å². The average Bonchev–Trinajstić information content (AvgIpc) is 2.41. The molecule has 94 valence electrons. The molecule has 0 spiro atoms. The van der Waals surface area contributed by atoms with E-state index < -0.39 is 5.97 Å². The SMILES string of the molecule is Cc1ccc(-c2ccc(C#N)cc2)c(C(=O)O)c1N. The Morgan fingerprint density at radius 3 is 2.37 bits per heavy atom. The number of carboxylic acids is 1. The maximum Gasteiger partial charge on any atom is 0.338 e. The van der Waals surface area contributed by atoms with Crippen LogP contribution in [0.3, 0.4) is 0 Å². The number of carboxylic acid groups (broad SMARTS) is 1. The molecule has 0 unspecified atom stereocenters. The minimum Gasteiger partial charge on any atom is -0.478 e. The summed E-state index contributed by atoms with van der Waals surface area (Å²) in [6.07, 6.45) is 0. The first-order chi connectivity index (χ1) is 9.04. The molecule has 2 rings (SSSR count). The van der Waals surface area contributed by atoms with E-state index in [4.69, 9.17) is 11.0 Å². The highest BCUT2D eigenvalue weighted by molar-refractivity contribution is 6.02. The summed E-state index contributed by atoms with van der Waals surface area (Å²) < 4.78 is 0. The number of hydrogen-bond donors (Lipinski definition) is 2. The fourth-order valence-electron chi connectivity index (χ4n) is 1.92. The molecular formula is C15H12N2O2. The second-order valence-corrected chi connectivity index (χ2v) is 4.21. The van der Waals surface area contributed by atoms with Crippen LogP contribution in [0.5, 0.6) is 0 Å². The Morgan fingerprint density at radius 2 is 1.84 bits per heavy atom. The molecule has 0 aliphatic heterocycles. The van der Waals surface area contributed by atoms with Gasteiger partial charge in [-0.25, -0.2) is 4.79 Å². The van der Waals surface area contributed by atoms with Gasteiger partial charge < -0.3 is 10.8 Å². The predicted molar refractivity (Wildman–Crippen MR) is 72.7 cm³/mol. The number of nitrogens with zero attached hydrogens (tertiary/aromatic N) is 1. The molecule has 0 aromatic heterocycles. The van der Waals surface area contributed by atoms with Crippen LogP contribution >= 0.6 is 0 Å². The summed E-state index contributed by atoms with van der Waals surface area (Å²) in [5, 5.41) is 18.1. The molecule has 19 heavy (non-hydrogen) atoms. The number of benzene rings is 2. The number of carbonyl (C=O) groups is 1. The lowest BCUT2D eigenvalue weighted by molar-refractivity contribution is 0.0699. The lowest BCUT2D eigenvalue weighted by atomic mass is 9.95. The van der Waals surface area contributed by atoms with Crippen LogP contribution in [0.2, 0.25) is 0 Å². The molecule has 2 aromatic rings. The zero-order chi connectivity index (χ0) is 14.0. The van der Waals surface area contributed by atoms with Crippen molar-refractivity contribution in [2.75, 3.05) is 5.73 Å². The van der Waals surface area contributed by atoms with Crippen LogP contribution in [-0.4, -0.2) is 11.1 Å². The number of nitriles is 1. The smallest absolute Gasteiger partial charge is 0.338 e. The average molecular weight is 252 g/mol. The lowest BCUT2D eigenvalue weighted by Gasteiger charge is -2.11. The second-order valence-electron chi connectivity index (χ2n) is 4.21. The molecule has 0 heterocycles. The fraction of sp³-hybridized carbons (Fsp3) is 0.0667. The summed E-state index contributed by atoms with van der Waals surface area (Å²) in [4.78, 5) is 11.4. The van der Waals surface area contributed by atoms with Crippen LogP contribution in [0.1, 0.15) is 21.5 Å². The normalized spacial score (nSPS) is 9.89. The van der Waals surface area contributed by atoms with Crippen molar-refractivity contribution in [2.24, 2.45) is 0 Å². The summed E-state index contributed by atoms with van der Waals surface area (Å²) in [5.41, 5.74) is 8.76. The van der Waals surface area contributed by atoms with Gasteiger partial charge in [-0.3, -0.25) is 0 Å². The Kier molecular flexibility index (Phi) is 3.21. The molecular weight excluding hydrogens is 240 g/mol. The number of rotatable bonds is 2. The van der Waals surface area contributed by atoms with Gasteiger partial charge in [0.1, 0.15) is 0 Å². The number of aromatic carboxylic acids is 1. The van der Waals surface area contributed by atoms with Gasteiger partial charge >= 0.3 is 5.97 Å². The van der Waals surface area contributed by atoms with Crippen molar-refractivity contribution >= 4 is 11.7 Å². The van der Waals surface area contributed by atoms with Gasteiger partial charge in [0, 0.05) is 5.69 Å². The predicted octanol–water partition coefficient (Wildman–Crippen LogP) is 2.81. The molecule has 2 aromatic carbocycles. The Bertz CT molecular complexity index is 683. The van der Waals surface area contributed by atoms with Gasteiger partial charge in [-0.05, 0) is 35.7 Å². The lowest BCUT2D eigenvalue weighted by Crippen LogP contribution is -2.06. The number of anilines is 1.